The lowest BCUT2D eigenvalue weighted by Crippen LogP contribution is -2.49. The second-order valence-electron chi connectivity index (χ2n) is 8.78. The molecule has 3 rings (SSSR count). The summed E-state index contributed by atoms with van der Waals surface area (Å²) in [5.41, 5.74) is 2.15. The summed E-state index contributed by atoms with van der Waals surface area (Å²) in [6.07, 6.45) is 1.16. The molecule has 1 aliphatic rings. The number of hydrogen-bond acceptors (Lipinski definition) is 3. The van der Waals surface area contributed by atoms with E-state index < -0.39 is 6.04 Å². The van der Waals surface area contributed by atoms with Crippen molar-refractivity contribution in [2.45, 2.75) is 45.7 Å². The smallest absolute Gasteiger partial charge is 0.244 e. The molecule has 1 N–H and O–H groups in total. The third-order valence-electron chi connectivity index (χ3n) is 4.99. The predicted octanol–water partition coefficient (Wildman–Crippen LogP) is 4.42. The number of amides is 2. The molecule has 5 heteroatoms. The number of carbonyl (C=O) groups excluding carboxylic acids is 2. The van der Waals surface area contributed by atoms with Crippen LogP contribution in [0.4, 0.5) is 0 Å². The minimum Gasteiger partial charge on any atom is -0.347 e. The zero-order valence-corrected chi connectivity index (χ0v) is 18.2. The minimum atomic E-state index is -0.406. The van der Waals surface area contributed by atoms with E-state index in [0.717, 1.165) is 5.56 Å². The van der Waals surface area contributed by atoms with Crippen molar-refractivity contribution in [1.29, 1.82) is 0 Å². The van der Waals surface area contributed by atoms with Crippen LogP contribution in [-0.4, -0.2) is 34.4 Å². The van der Waals surface area contributed by atoms with Gasteiger partial charge in [0, 0.05) is 12.2 Å². The van der Waals surface area contributed by atoms with Gasteiger partial charge in [0.1, 0.15) is 6.04 Å². The quantitative estimate of drug-likeness (QED) is 0.767. The molecule has 0 spiro atoms. The van der Waals surface area contributed by atoms with Crippen LogP contribution in [0.15, 0.2) is 60.7 Å². The number of nitrogens with zero attached hydrogens (tertiary/aromatic N) is 1. The summed E-state index contributed by atoms with van der Waals surface area (Å²) in [7, 11) is 0. The highest BCUT2D eigenvalue weighted by Crippen LogP contribution is 2.27. The summed E-state index contributed by atoms with van der Waals surface area (Å²) in [5, 5.41) is 3.23. The van der Waals surface area contributed by atoms with Crippen molar-refractivity contribution in [2.24, 2.45) is 5.41 Å². The van der Waals surface area contributed by atoms with Gasteiger partial charge in [-0.3, -0.25) is 9.59 Å². The third kappa shape index (κ3) is 6.10. The van der Waals surface area contributed by atoms with Gasteiger partial charge in [0.2, 0.25) is 11.8 Å². The molecule has 0 aromatic heterocycles. The Morgan fingerprint density at radius 2 is 1.69 bits per heavy atom. The first kappa shape index (κ1) is 21.4. The molecule has 0 unspecified atom stereocenters. The molecule has 4 nitrogen and oxygen atoms in total. The standard InChI is InChI=1S/C24H30N2O2S/c1-24(2,3)15-22(27)26-17-29-16-21(26)23(28)25-20(19-12-8-5-9-13-19)14-18-10-6-4-7-11-18/h4-13,20-21H,14-17H2,1-3H3,(H,25,28)/t20-,21-/m1/s1. The van der Waals surface area contributed by atoms with E-state index in [1.165, 1.54) is 5.56 Å². The second kappa shape index (κ2) is 9.49. The van der Waals surface area contributed by atoms with Gasteiger partial charge in [0.15, 0.2) is 0 Å². The third-order valence-corrected chi connectivity index (χ3v) is 6.00. The lowest BCUT2D eigenvalue weighted by molar-refractivity contribution is -0.139. The summed E-state index contributed by atoms with van der Waals surface area (Å²) in [6.45, 7) is 6.15. The SMILES string of the molecule is CC(C)(C)CC(=O)N1CSC[C@@H]1C(=O)N[C@H](Cc1ccccc1)c1ccccc1. The Labute approximate surface area is 178 Å². The van der Waals surface area contributed by atoms with E-state index in [9.17, 15) is 9.59 Å². The molecule has 1 aliphatic heterocycles. The normalized spacial score (nSPS) is 17.8. The van der Waals surface area contributed by atoms with Gasteiger partial charge in [-0.2, -0.15) is 0 Å². The maximum atomic E-state index is 13.2. The molecular weight excluding hydrogens is 380 g/mol. The van der Waals surface area contributed by atoms with Gasteiger partial charge in [-0.15, -0.1) is 11.8 Å². The van der Waals surface area contributed by atoms with E-state index >= 15 is 0 Å². The Morgan fingerprint density at radius 3 is 2.31 bits per heavy atom. The molecule has 0 bridgehead atoms. The van der Waals surface area contributed by atoms with Crippen LogP contribution in [0, 0.1) is 5.41 Å². The van der Waals surface area contributed by atoms with Crippen molar-refractivity contribution < 1.29 is 9.59 Å². The summed E-state index contributed by atoms with van der Waals surface area (Å²) in [5.74, 6) is 1.22. The van der Waals surface area contributed by atoms with Crippen molar-refractivity contribution in [3.63, 3.8) is 0 Å². The molecule has 2 atom stereocenters. The fourth-order valence-corrected chi connectivity index (χ4v) is 4.70. The van der Waals surface area contributed by atoms with E-state index in [2.05, 4.69) is 38.2 Å². The van der Waals surface area contributed by atoms with Gasteiger partial charge in [-0.25, -0.2) is 0 Å². The topological polar surface area (TPSA) is 49.4 Å². The summed E-state index contributed by atoms with van der Waals surface area (Å²) in [4.78, 5) is 27.7. The number of nitrogens with one attached hydrogen (secondary N) is 1. The van der Waals surface area contributed by atoms with E-state index in [1.807, 2.05) is 48.5 Å². The molecule has 1 saturated heterocycles. The summed E-state index contributed by atoms with van der Waals surface area (Å²) in [6, 6.07) is 19.7. The largest absolute Gasteiger partial charge is 0.347 e. The second-order valence-corrected chi connectivity index (χ2v) is 9.78. The summed E-state index contributed by atoms with van der Waals surface area (Å²) < 4.78 is 0. The molecule has 154 valence electrons. The van der Waals surface area contributed by atoms with E-state index in [0.29, 0.717) is 24.5 Å². The first-order valence-corrected chi connectivity index (χ1v) is 11.3. The monoisotopic (exact) mass is 410 g/mol. The predicted molar refractivity (Wildman–Crippen MR) is 120 cm³/mol. The van der Waals surface area contributed by atoms with Gasteiger partial charge in [-0.1, -0.05) is 81.4 Å². The van der Waals surface area contributed by atoms with Crippen LogP contribution < -0.4 is 5.32 Å². The van der Waals surface area contributed by atoms with E-state index in [4.69, 9.17) is 0 Å². The molecule has 0 aliphatic carbocycles. The molecule has 0 radical (unpaired) electrons. The molecule has 2 amide bonds. The number of carbonyl (C=O) groups is 2. The average molecular weight is 411 g/mol. The maximum Gasteiger partial charge on any atom is 0.244 e. The minimum absolute atomic E-state index is 0.0574. The number of rotatable bonds is 6. The van der Waals surface area contributed by atoms with Crippen LogP contribution in [-0.2, 0) is 16.0 Å². The maximum absolute atomic E-state index is 13.2. The van der Waals surface area contributed by atoms with Crippen LogP contribution in [0.5, 0.6) is 0 Å². The van der Waals surface area contributed by atoms with E-state index in [-0.39, 0.29) is 23.3 Å². The molecule has 2 aromatic rings. The van der Waals surface area contributed by atoms with Crippen molar-refractivity contribution >= 4 is 23.6 Å². The fourth-order valence-electron chi connectivity index (χ4n) is 3.52. The Morgan fingerprint density at radius 1 is 1.07 bits per heavy atom. The molecule has 29 heavy (non-hydrogen) atoms. The first-order valence-electron chi connectivity index (χ1n) is 10.1. The van der Waals surface area contributed by atoms with Crippen LogP contribution in [0.3, 0.4) is 0 Å². The van der Waals surface area contributed by atoms with Gasteiger partial charge < -0.3 is 10.2 Å². The highest BCUT2D eigenvalue weighted by Gasteiger charge is 2.36. The Bertz CT molecular complexity index is 818. The van der Waals surface area contributed by atoms with E-state index in [1.54, 1.807) is 16.7 Å². The number of benzene rings is 2. The van der Waals surface area contributed by atoms with Gasteiger partial charge in [-0.05, 0) is 23.0 Å². The number of thioether (sulfide) groups is 1. The molecule has 1 heterocycles. The molecular formula is C24H30N2O2S. The van der Waals surface area contributed by atoms with Gasteiger partial charge in [0.25, 0.3) is 0 Å². The Kier molecular flexibility index (Phi) is 7.01. The summed E-state index contributed by atoms with van der Waals surface area (Å²) >= 11 is 1.64. The van der Waals surface area contributed by atoms with Crippen LogP contribution in [0.2, 0.25) is 0 Å². The average Bonchev–Trinajstić information content (AvgIpc) is 3.18. The zero-order chi connectivity index (χ0) is 20.9. The van der Waals surface area contributed by atoms with Crippen molar-refractivity contribution in [3.05, 3.63) is 71.8 Å². The van der Waals surface area contributed by atoms with Gasteiger partial charge in [0.05, 0.1) is 11.9 Å². The zero-order valence-electron chi connectivity index (χ0n) is 17.4. The van der Waals surface area contributed by atoms with Gasteiger partial charge >= 0.3 is 0 Å². The van der Waals surface area contributed by atoms with Crippen molar-refractivity contribution in [2.75, 3.05) is 11.6 Å². The number of hydrogen-bond donors (Lipinski definition) is 1. The highest BCUT2D eigenvalue weighted by atomic mass is 32.2. The van der Waals surface area contributed by atoms with Crippen LogP contribution in [0.1, 0.15) is 44.4 Å². The highest BCUT2D eigenvalue weighted by molar-refractivity contribution is 7.99. The molecule has 2 aromatic carbocycles. The molecule has 0 saturated carbocycles. The molecule has 1 fully saturated rings. The Balaban J connectivity index is 1.74. The fraction of sp³-hybridized carbons (Fsp3) is 0.417. The van der Waals surface area contributed by atoms with Crippen LogP contribution >= 0.6 is 11.8 Å². The lowest BCUT2D eigenvalue weighted by atomic mass is 9.91. The van der Waals surface area contributed by atoms with Crippen LogP contribution in [0.25, 0.3) is 0 Å². The lowest BCUT2D eigenvalue weighted by Gasteiger charge is -2.28. The first-order chi connectivity index (χ1) is 13.8. The van der Waals surface area contributed by atoms with Crippen molar-refractivity contribution in [3.8, 4) is 0 Å². The Hall–Kier alpha value is -2.27. The van der Waals surface area contributed by atoms with Crippen molar-refractivity contribution in [1.82, 2.24) is 10.2 Å².